The summed E-state index contributed by atoms with van der Waals surface area (Å²) in [7, 11) is 2.13. The summed E-state index contributed by atoms with van der Waals surface area (Å²) in [5.74, 6) is 2.76. The Bertz CT molecular complexity index is 1200. The van der Waals surface area contributed by atoms with Crippen LogP contribution in [0.5, 0.6) is 5.75 Å². The van der Waals surface area contributed by atoms with Gasteiger partial charge in [-0.2, -0.15) is 0 Å². The molecule has 6 rings (SSSR count). The second-order valence-electron chi connectivity index (χ2n) is 9.86. The van der Waals surface area contributed by atoms with Crippen molar-refractivity contribution in [3.8, 4) is 5.75 Å². The van der Waals surface area contributed by atoms with Gasteiger partial charge in [-0.05, 0) is 80.4 Å². The van der Waals surface area contributed by atoms with Gasteiger partial charge in [0, 0.05) is 19.3 Å². The number of cyclic esters (lactones) is 1. The molecule has 3 aliphatic heterocycles. The van der Waals surface area contributed by atoms with Crippen LogP contribution in [0.1, 0.15) is 28.8 Å². The van der Waals surface area contributed by atoms with Gasteiger partial charge in [-0.3, -0.25) is 9.69 Å². The Labute approximate surface area is 204 Å². The standard InChI is InChI=1S/C25H30N6O4/c1-14-18-9-15(10-19(18)17-6-8-30(2)24(17)27-14)11-26-7-5-16-12-31(25(33)35-16)21-4-3-20-23(28-21)29-22(32)13-34-20/h3-4,15-16,26H,5-13H2,1-2H3,(H,28,29,32). The average molecular weight is 479 g/mol. The Morgan fingerprint density at radius 2 is 2.03 bits per heavy atom. The van der Waals surface area contributed by atoms with Gasteiger partial charge >= 0.3 is 6.09 Å². The van der Waals surface area contributed by atoms with Crippen LogP contribution >= 0.6 is 0 Å². The first kappa shape index (κ1) is 22.1. The maximum Gasteiger partial charge on any atom is 0.415 e. The van der Waals surface area contributed by atoms with Gasteiger partial charge in [-0.1, -0.05) is 0 Å². The predicted molar refractivity (Wildman–Crippen MR) is 130 cm³/mol. The number of nitrogens with zero attached hydrogens (tertiary/aromatic N) is 4. The number of carbonyl (C=O) groups is 2. The van der Waals surface area contributed by atoms with Crippen LogP contribution < -0.4 is 25.2 Å². The van der Waals surface area contributed by atoms with Gasteiger partial charge in [0.05, 0.1) is 6.54 Å². The third kappa shape index (κ3) is 4.05. The van der Waals surface area contributed by atoms with Gasteiger partial charge in [0.2, 0.25) is 0 Å². The van der Waals surface area contributed by atoms with E-state index in [1.807, 2.05) is 0 Å². The normalized spacial score (nSPS) is 22.5. The highest BCUT2D eigenvalue weighted by atomic mass is 16.6. The molecule has 0 aromatic carbocycles. The first-order valence-corrected chi connectivity index (χ1v) is 12.3. The zero-order chi connectivity index (χ0) is 24.1. The SMILES string of the molecule is Cc1nc2c(c3c1CC(CNCCC1CN(c4ccc5c(n4)NC(=O)CO5)C(=O)O1)C3)CCN2C. The number of fused-ring (bicyclic) bond motifs is 4. The number of carbonyl (C=O) groups excluding carboxylic acids is 2. The molecule has 0 radical (unpaired) electrons. The number of anilines is 3. The largest absolute Gasteiger partial charge is 0.480 e. The summed E-state index contributed by atoms with van der Waals surface area (Å²) in [5.41, 5.74) is 5.61. The summed E-state index contributed by atoms with van der Waals surface area (Å²) >= 11 is 0. The van der Waals surface area contributed by atoms with Gasteiger partial charge < -0.3 is 25.0 Å². The molecule has 2 amide bonds. The molecule has 2 N–H and O–H groups in total. The molecule has 1 fully saturated rings. The fourth-order valence-electron chi connectivity index (χ4n) is 5.64. The van der Waals surface area contributed by atoms with Crippen molar-refractivity contribution < 1.29 is 19.1 Å². The highest BCUT2D eigenvalue weighted by Gasteiger charge is 2.34. The molecule has 2 aromatic heterocycles. The van der Waals surface area contributed by atoms with Gasteiger partial charge in [0.15, 0.2) is 18.2 Å². The molecule has 2 unspecified atom stereocenters. The topological polar surface area (TPSA) is 109 Å². The third-order valence-corrected chi connectivity index (χ3v) is 7.44. The van der Waals surface area contributed by atoms with E-state index in [1.165, 1.54) is 33.1 Å². The second-order valence-corrected chi connectivity index (χ2v) is 9.86. The van der Waals surface area contributed by atoms with Gasteiger partial charge in [0.25, 0.3) is 5.91 Å². The van der Waals surface area contributed by atoms with Crippen LogP contribution in [0, 0.1) is 12.8 Å². The Balaban J connectivity index is 1.00. The Morgan fingerprint density at radius 3 is 2.91 bits per heavy atom. The number of aryl methyl sites for hydroxylation is 1. The fraction of sp³-hybridized carbons (Fsp3) is 0.520. The summed E-state index contributed by atoms with van der Waals surface area (Å²) in [5, 5.41) is 6.25. The molecule has 35 heavy (non-hydrogen) atoms. The van der Waals surface area contributed by atoms with E-state index in [9.17, 15) is 9.59 Å². The number of amides is 2. The molecular formula is C25H30N6O4. The van der Waals surface area contributed by atoms with E-state index in [2.05, 4.69) is 34.5 Å². The molecule has 10 nitrogen and oxygen atoms in total. The minimum Gasteiger partial charge on any atom is -0.480 e. The smallest absolute Gasteiger partial charge is 0.415 e. The predicted octanol–water partition coefficient (Wildman–Crippen LogP) is 1.83. The lowest BCUT2D eigenvalue weighted by Crippen LogP contribution is -2.30. The summed E-state index contributed by atoms with van der Waals surface area (Å²) in [6, 6.07) is 3.42. The van der Waals surface area contributed by atoms with E-state index in [0.29, 0.717) is 29.8 Å². The number of ether oxygens (including phenoxy) is 2. The van der Waals surface area contributed by atoms with Crippen molar-refractivity contribution in [1.29, 1.82) is 0 Å². The number of likely N-dealkylation sites (N-methyl/N-ethyl adjacent to an activating group) is 1. The maximum absolute atomic E-state index is 12.4. The number of hydrogen-bond donors (Lipinski definition) is 2. The summed E-state index contributed by atoms with van der Waals surface area (Å²) in [6.45, 7) is 5.31. The minimum atomic E-state index is -0.418. The summed E-state index contributed by atoms with van der Waals surface area (Å²) in [6.07, 6.45) is 3.40. The van der Waals surface area contributed by atoms with Crippen LogP contribution in [0.2, 0.25) is 0 Å². The van der Waals surface area contributed by atoms with Gasteiger partial charge in [-0.25, -0.2) is 14.8 Å². The zero-order valence-electron chi connectivity index (χ0n) is 20.1. The first-order valence-electron chi connectivity index (χ1n) is 12.3. The summed E-state index contributed by atoms with van der Waals surface area (Å²) < 4.78 is 10.9. The monoisotopic (exact) mass is 478 g/mol. The van der Waals surface area contributed by atoms with E-state index in [4.69, 9.17) is 14.5 Å². The van der Waals surface area contributed by atoms with Crippen LogP contribution in [0.3, 0.4) is 0 Å². The molecule has 0 saturated carbocycles. The molecule has 0 bridgehead atoms. The van der Waals surface area contributed by atoms with Crippen LogP contribution in [0.15, 0.2) is 12.1 Å². The van der Waals surface area contributed by atoms with Crippen LogP contribution in [-0.2, 0) is 28.8 Å². The molecule has 1 saturated heterocycles. The van der Waals surface area contributed by atoms with Crippen molar-refractivity contribution in [3.63, 3.8) is 0 Å². The zero-order valence-corrected chi connectivity index (χ0v) is 20.1. The molecule has 184 valence electrons. The van der Waals surface area contributed by atoms with Crippen molar-refractivity contribution in [2.75, 3.05) is 55.0 Å². The van der Waals surface area contributed by atoms with Crippen molar-refractivity contribution in [1.82, 2.24) is 15.3 Å². The molecular weight excluding hydrogens is 448 g/mol. The molecule has 0 spiro atoms. The number of aromatic nitrogens is 2. The molecule has 4 aliphatic rings. The van der Waals surface area contributed by atoms with Gasteiger partial charge in [-0.15, -0.1) is 0 Å². The Morgan fingerprint density at radius 1 is 1.17 bits per heavy atom. The molecule has 1 aliphatic carbocycles. The summed E-state index contributed by atoms with van der Waals surface area (Å²) in [4.78, 5) is 37.0. The van der Waals surface area contributed by atoms with Crippen LogP contribution in [0.4, 0.5) is 22.2 Å². The lowest BCUT2D eigenvalue weighted by Gasteiger charge is -2.19. The minimum absolute atomic E-state index is 0.0299. The highest BCUT2D eigenvalue weighted by molar-refractivity contribution is 5.95. The average Bonchev–Trinajstić information content (AvgIpc) is 3.54. The van der Waals surface area contributed by atoms with Crippen LogP contribution in [0.25, 0.3) is 0 Å². The number of pyridine rings is 2. The van der Waals surface area contributed by atoms with Crippen molar-refractivity contribution in [2.45, 2.75) is 38.7 Å². The van der Waals surface area contributed by atoms with Crippen molar-refractivity contribution in [3.05, 3.63) is 34.5 Å². The van der Waals surface area contributed by atoms with E-state index in [-0.39, 0.29) is 18.6 Å². The molecule has 5 heterocycles. The van der Waals surface area contributed by atoms with Crippen LogP contribution in [-0.4, -0.2) is 67.9 Å². The highest BCUT2D eigenvalue weighted by Crippen LogP contribution is 2.38. The molecule has 2 aromatic rings. The maximum atomic E-state index is 12.4. The van der Waals surface area contributed by atoms with Gasteiger partial charge in [0.1, 0.15) is 17.7 Å². The number of hydrogen-bond acceptors (Lipinski definition) is 8. The Hall–Kier alpha value is -3.40. The second kappa shape index (κ2) is 8.67. The van der Waals surface area contributed by atoms with Crippen molar-refractivity contribution in [2.24, 2.45) is 5.92 Å². The quantitative estimate of drug-likeness (QED) is 0.606. The lowest BCUT2D eigenvalue weighted by molar-refractivity contribution is -0.118. The van der Waals surface area contributed by atoms with E-state index >= 15 is 0 Å². The number of nitrogens with one attached hydrogen (secondary N) is 2. The molecule has 2 atom stereocenters. The molecule has 10 heteroatoms. The number of rotatable bonds is 6. The van der Waals surface area contributed by atoms with Crippen molar-refractivity contribution >= 4 is 29.5 Å². The van der Waals surface area contributed by atoms with E-state index in [1.54, 1.807) is 12.1 Å². The fourth-order valence-corrected chi connectivity index (χ4v) is 5.64. The lowest BCUT2D eigenvalue weighted by atomic mass is 10.0. The third-order valence-electron chi connectivity index (χ3n) is 7.44. The van der Waals surface area contributed by atoms with E-state index < -0.39 is 6.09 Å². The van der Waals surface area contributed by atoms with E-state index in [0.717, 1.165) is 45.3 Å². The first-order chi connectivity index (χ1) is 17.0. The Kier molecular flexibility index (Phi) is 5.47.